The van der Waals surface area contributed by atoms with Crippen molar-refractivity contribution in [2.75, 3.05) is 0 Å². The summed E-state index contributed by atoms with van der Waals surface area (Å²) in [6.45, 7) is 0.696. The third-order valence-corrected chi connectivity index (χ3v) is 2.75. The third kappa shape index (κ3) is 3.02. The van der Waals surface area contributed by atoms with E-state index >= 15 is 0 Å². The van der Waals surface area contributed by atoms with Crippen molar-refractivity contribution >= 4 is 0 Å². The van der Waals surface area contributed by atoms with Crippen molar-refractivity contribution in [1.29, 1.82) is 0 Å². The molecule has 0 saturated heterocycles. The van der Waals surface area contributed by atoms with Gasteiger partial charge in [-0.05, 0) is 6.07 Å². The smallest absolute Gasteiger partial charge is 0.351 e. The lowest BCUT2D eigenvalue weighted by Crippen LogP contribution is -2.62. The summed E-state index contributed by atoms with van der Waals surface area (Å²) in [7, 11) is 0. The number of halogens is 6. The molecule has 0 aliphatic carbocycles. The number of alkyl halides is 6. The van der Waals surface area contributed by atoms with Gasteiger partial charge in [0, 0.05) is 12.1 Å². The quantitative estimate of drug-likeness (QED) is 0.798. The predicted molar refractivity (Wildman–Crippen MR) is 56.5 cm³/mol. The van der Waals surface area contributed by atoms with Crippen LogP contribution in [0, 0.1) is 5.92 Å². The SMILES string of the molecule is CC(C)C(OCc1ccncn1)(C(F)(F)F)C(F)(F)F. The van der Waals surface area contributed by atoms with Crippen LogP contribution in [0.4, 0.5) is 26.3 Å². The Bertz CT molecular complexity index is 415. The Morgan fingerprint density at radius 3 is 2.00 bits per heavy atom. The highest BCUT2D eigenvalue weighted by Gasteiger charge is 2.73. The summed E-state index contributed by atoms with van der Waals surface area (Å²) < 4.78 is 81.9. The Labute approximate surface area is 111 Å². The first-order valence-electron chi connectivity index (χ1n) is 5.54. The van der Waals surface area contributed by atoms with Gasteiger partial charge in [-0.3, -0.25) is 0 Å². The molecule has 0 aromatic carbocycles. The van der Waals surface area contributed by atoms with E-state index in [1.54, 1.807) is 0 Å². The van der Waals surface area contributed by atoms with E-state index < -0.39 is 30.5 Å². The second-order valence-corrected chi connectivity index (χ2v) is 4.38. The van der Waals surface area contributed by atoms with Gasteiger partial charge in [0.25, 0.3) is 5.60 Å². The van der Waals surface area contributed by atoms with Crippen molar-refractivity contribution in [1.82, 2.24) is 9.97 Å². The molecule has 1 aromatic rings. The number of nitrogens with zero attached hydrogens (tertiary/aromatic N) is 2. The highest BCUT2D eigenvalue weighted by Crippen LogP contribution is 2.50. The Balaban J connectivity index is 3.12. The molecular weight excluding hydrogens is 290 g/mol. The molecule has 0 radical (unpaired) electrons. The maximum absolute atomic E-state index is 12.9. The van der Waals surface area contributed by atoms with Crippen molar-refractivity contribution in [2.45, 2.75) is 38.4 Å². The Hall–Kier alpha value is -1.38. The average Bonchev–Trinajstić information content (AvgIpc) is 2.26. The largest absolute Gasteiger partial charge is 0.426 e. The molecule has 0 unspecified atom stereocenters. The minimum absolute atomic E-state index is 0.0708. The third-order valence-electron chi connectivity index (χ3n) is 2.75. The van der Waals surface area contributed by atoms with E-state index in [1.807, 2.05) is 0 Å². The highest BCUT2D eigenvalue weighted by atomic mass is 19.4. The maximum Gasteiger partial charge on any atom is 0.426 e. The van der Waals surface area contributed by atoms with Gasteiger partial charge in [0.1, 0.15) is 6.33 Å². The molecule has 114 valence electrons. The molecular formula is C11H12F6N2O. The first-order valence-corrected chi connectivity index (χ1v) is 5.54. The molecule has 0 aliphatic heterocycles. The number of ether oxygens (including phenoxy) is 1. The van der Waals surface area contributed by atoms with Gasteiger partial charge in [0.05, 0.1) is 12.3 Å². The number of aromatic nitrogens is 2. The average molecular weight is 302 g/mol. The molecule has 1 rings (SSSR count). The second kappa shape index (κ2) is 5.55. The number of hydrogen-bond acceptors (Lipinski definition) is 3. The normalized spacial score (nSPS) is 13.8. The summed E-state index contributed by atoms with van der Waals surface area (Å²) >= 11 is 0. The van der Waals surface area contributed by atoms with Crippen LogP contribution in [0.25, 0.3) is 0 Å². The van der Waals surface area contributed by atoms with Gasteiger partial charge < -0.3 is 4.74 Å². The summed E-state index contributed by atoms with van der Waals surface area (Å²) in [5.41, 5.74) is -4.30. The van der Waals surface area contributed by atoms with Crippen LogP contribution in [0.15, 0.2) is 18.6 Å². The topological polar surface area (TPSA) is 35.0 Å². The van der Waals surface area contributed by atoms with E-state index in [1.165, 1.54) is 12.3 Å². The van der Waals surface area contributed by atoms with Gasteiger partial charge in [0.2, 0.25) is 0 Å². The van der Waals surface area contributed by atoms with Gasteiger partial charge in [-0.2, -0.15) is 26.3 Å². The fourth-order valence-corrected chi connectivity index (χ4v) is 1.74. The van der Waals surface area contributed by atoms with Crippen LogP contribution in [0.3, 0.4) is 0 Å². The zero-order chi connectivity index (χ0) is 15.6. The fraction of sp³-hybridized carbons (Fsp3) is 0.636. The molecule has 9 heteroatoms. The molecule has 1 heterocycles. The standard InChI is InChI=1S/C11H12F6N2O/c1-7(2)9(10(12,13)14,11(15,16)17)20-5-8-3-4-18-6-19-8/h3-4,6-7H,5H2,1-2H3. The van der Waals surface area contributed by atoms with Gasteiger partial charge in [-0.15, -0.1) is 0 Å². The molecule has 0 saturated carbocycles. The lowest BCUT2D eigenvalue weighted by atomic mass is 9.88. The molecule has 0 spiro atoms. The number of rotatable bonds is 4. The van der Waals surface area contributed by atoms with Crippen LogP contribution in [-0.2, 0) is 11.3 Å². The summed E-state index contributed by atoms with van der Waals surface area (Å²) in [4.78, 5) is 7.05. The molecule has 0 aliphatic rings. The van der Waals surface area contributed by atoms with Crippen LogP contribution in [0.1, 0.15) is 19.5 Å². The molecule has 0 N–H and O–H groups in total. The van der Waals surface area contributed by atoms with E-state index in [4.69, 9.17) is 0 Å². The molecule has 20 heavy (non-hydrogen) atoms. The van der Waals surface area contributed by atoms with Crippen LogP contribution >= 0.6 is 0 Å². The summed E-state index contributed by atoms with van der Waals surface area (Å²) in [6, 6.07) is 1.18. The van der Waals surface area contributed by atoms with Crippen LogP contribution < -0.4 is 0 Å². The zero-order valence-electron chi connectivity index (χ0n) is 10.6. The lowest BCUT2D eigenvalue weighted by molar-refractivity contribution is -0.397. The molecule has 0 atom stereocenters. The Morgan fingerprint density at radius 1 is 1.10 bits per heavy atom. The van der Waals surface area contributed by atoms with Gasteiger partial charge >= 0.3 is 12.4 Å². The van der Waals surface area contributed by atoms with Gasteiger partial charge in [0.15, 0.2) is 0 Å². The van der Waals surface area contributed by atoms with E-state index in [0.717, 1.165) is 20.2 Å². The van der Waals surface area contributed by atoms with E-state index in [-0.39, 0.29) is 5.69 Å². The van der Waals surface area contributed by atoms with E-state index in [0.29, 0.717) is 0 Å². The molecule has 0 amide bonds. The first kappa shape index (κ1) is 16.7. The van der Waals surface area contributed by atoms with Crippen LogP contribution in [0.5, 0.6) is 0 Å². The summed E-state index contributed by atoms with van der Waals surface area (Å²) in [5.74, 6) is -1.84. The van der Waals surface area contributed by atoms with Crippen molar-refractivity contribution < 1.29 is 31.1 Å². The van der Waals surface area contributed by atoms with Crippen molar-refractivity contribution in [3.05, 3.63) is 24.3 Å². The van der Waals surface area contributed by atoms with Crippen molar-refractivity contribution in [2.24, 2.45) is 5.92 Å². The Kier molecular flexibility index (Phi) is 4.62. The van der Waals surface area contributed by atoms with Gasteiger partial charge in [-0.25, -0.2) is 9.97 Å². The molecule has 1 aromatic heterocycles. The summed E-state index contributed by atoms with van der Waals surface area (Å²) in [5, 5.41) is 0. The summed E-state index contributed by atoms with van der Waals surface area (Å²) in [6.07, 6.45) is -8.97. The molecule has 0 bridgehead atoms. The van der Waals surface area contributed by atoms with Crippen LogP contribution in [0.2, 0.25) is 0 Å². The van der Waals surface area contributed by atoms with E-state index in [9.17, 15) is 26.3 Å². The van der Waals surface area contributed by atoms with Crippen LogP contribution in [-0.4, -0.2) is 27.9 Å². The fourth-order valence-electron chi connectivity index (χ4n) is 1.74. The lowest BCUT2D eigenvalue weighted by Gasteiger charge is -2.39. The van der Waals surface area contributed by atoms with E-state index in [2.05, 4.69) is 14.7 Å². The minimum atomic E-state index is -5.59. The Morgan fingerprint density at radius 2 is 1.65 bits per heavy atom. The van der Waals surface area contributed by atoms with Crippen molar-refractivity contribution in [3.8, 4) is 0 Å². The molecule has 3 nitrogen and oxygen atoms in total. The minimum Gasteiger partial charge on any atom is -0.351 e. The highest BCUT2D eigenvalue weighted by molar-refractivity contribution is 5.01. The monoisotopic (exact) mass is 302 g/mol. The van der Waals surface area contributed by atoms with Gasteiger partial charge in [-0.1, -0.05) is 13.8 Å². The zero-order valence-corrected chi connectivity index (χ0v) is 10.6. The maximum atomic E-state index is 12.9. The predicted octanol–water partition coefficient (Wildman–Crippen LogP) is 3.51. The first-order chi connectivity index (χ1) is 9.02. The second-order valence-electron chi connectivity index (χ2n) is 4.38. The molecule has 0 fully saturated rings. The number of hydrogen-bond donors (Lipinski definition) is 0. The van der Waals surface area contributed by atoms with Crippen molar-refractivity contribution in [3.63, 3.8) is 0 Å².